The lowest BCUT2D eigenvalue weighted by Gasteiger charge is -2.47. The van der Waals surface area contributed by atoms with Crippen molar-refractivity contribution in [2.75, 3.05) is 26.2 Å². The van der Waals surface area contributed by atoms with E-state index in [9.17, 15) is 4.79 Å². The number of nitrogens with zero attached hydrogens (tertiary/aromatic N) is 4. The Morgan fingerprint density at radius 2 is 1.92 bits per heavy atom. The van der Waals surface area contributed by atoms with Gasteiger partial charge in [0.2, 0.25) is 5.91 Å². The van der Waals surface area contributed by atoms with Crippen LogP contribution in [0.4, 0.5) is 0 Å². The van der Waals surface area contributed by atoms with Gasteiger partial charge in [-0.1, -0.05) is 13.3 Å². The van der Waals surface area contributed by atoms with Gasteiger partial charge >= 0.3 is 0 Å². The highest BCUT2D eigenvalue weighted by Crippen LogP contribution is 2.45. The summed E-state index contributed by atoms with van der Waals surface area (Å²) in [5.41, 5.74) is 0.710. The summed E-state index contributed by atoms with van der Waals surface area (Å²) in [6, 6.07) is 0.751. The zero-order valence-electron chi connectivity index (χ0n) is 15.4. The molecule has 3 fully saturated rings. The first-order chi connectivity index (χ1) is 12.2. The normalized spacial score (nSPS) is 30.0. The van der Waals surface area contributed by atoms with E-state index in [-0.39, 0.29) is 5.41 Å². The minimum absolute atomic E-state index is 0.209. The highest BCUT2D eigenvalue weighted by molar-refractivity contribution is 5.84. The minimum Gasteiger partial charge on any atom is -0.340 e. The van der Waals surface area contributed by atoms with Crippen LogP contribution in [0, 0.1) is 11.3 Å². The van der Waals surface area contributed by atoms with E-state index in [1.807, 2.05) is 0 Å². The van der Waals surface area contributed by atoms with Crippen molar-refractivity contribution >= 4 is 5.91 Å². The van der Waals surface area contributed by atoms with E-state index < -0.39 is 0 Å². The number of carbonyl (C=O) groups excluding carboxylic acids is 1. The molecule has 4 rings (SSSR count). The van der Waals surface area contributed by atoms with E-state index in [0.29, 0.717) is 5.91 Å². The summed E-state index contributed by atoms with van der Waals surface area (Å²) in [6.45, 7) is 6.26. The van der Waals surface area contributed by atoms with Crippen molar-refractivity contribution in [3.8, 4) is 0 Å². The number of H-pyrrole nitrogens is 1. The molecule has 0 aromatic carbocycles. The summed E-state index contributed by atoms with van der Waals surface area (Å²) in [5.74, 6) is 1.26. The largest absolute Gasteiger partial charge is 0.340 e. The Balaban J connectivity index is 1.33. The van der Waals surface area contributed by atoms with Gasteiger partial charge in [-0.15, -0.1) is 0 Å². The van der Waals surface area contributed by atoms with Crippen molar-refractivity contribution in [3.63, 3.8) is 0 Å². The molecule has 1 aliphatic heterocycles. The van der Waals surface area contributed by atoms with Gasteiger partial charge < -0.3 is 4.90 Å². The van der Waals surface area contributed by atoms with Gasteiger partial charge in [-0.2, -0.15) is 15.4 Å². The molecule has 2 heterocycles. The lowest BCUT2D eigenvalue weighted by molar-refractivity contribution is -0.149. The van der Waals surface area contributed by atoms with Crippen LogP contribution in [0.1, 0.15) is 57.6 Å². The molecule has 25 heavy (non-hydrogen) atoms. The number of rotatable bonds is 4. The van der Waals surface area contributed by atoms with Gasteiger partial charge in [-0.25, -0.2) is 0 Å². The Kier molecular flexibility index (Phi) is 4.80. The summed E-state index contributed by atoms with van der Waals surface area (Å²) >= 11 is 0. The fourth-order valence-corrected chi connectivity index (χ4v) is 4.96. The number of aromatic amines is 1. The lowest BCUT2D eigenvalue weighted by Crippen LogP contribution is -2.57. The molecule has 1 aromatic rings. The zero-order valence-corrected chi connectivity index (χ0v) is 15.4. The quantitative estimate of drug-likeness (QED) is 0.909. The van der Waals surface area contributed by atoms with E-state index in [0.717, 1.165) is 69.5 Å². The molecule has 138 valence electrons. The van der Waals surface area contributed by atoms with Crippen LogP contribution in [0.25, 0.3) is 0 Å². The third kappa shape index (κ3) is 3.46. The van der Waals surface area contributed by atoms with Crippen LogP contribution >= 0.6 is 0 Å². The molecule has 2 saturated carbocycles. The second-order valence-corrected chi connectivity index (χ2v) is 8.51. The molecule has 1 saturated heterocycles. The van der Waals surface area contributed by atoms with E-state index in [1.165, 1.54) is 25.7 Å². The van der Waals surface area contributed by atoms with Crippen molar-refractivity contribution in [1.29, 1.82) is 0 Å². The van der Waals surface area contributed by atoms with Crippen molar-refractivity contribution in [2.24, 2.45) is 11.3 Å². The maximum atomic E-state index is 13.2. The van der Waals surface area contributed by atoms with Crippen LogP contribution in [-0.4, -0.2) is 63.3 Å². The average Bonchev–Trinajstić information content (AvgIpc) is 3.11. The molecule has 0 unspecified atom stereocenters. The molecule has 0 atom stereocenters. The maximum Gasteiger partial charge on any atom is 0.229 e. The van der Waals surface area contributed by atoms with Crippen LogP contribution in [0.3, 0.4) is 0 Å². The predicted octanol–water partition coefficient (Wildman–Crippen LogP) is 2.24. The molecule has 6 heteroatoms. The summed E-state index contributed by atoms with van der Waals surface area (Å²) in [7, 11) is 0. The van der Waals surface area contributed by atoms with Gasteiger partial charge in [-0.05, 0) is 44.4 Å². The topological polar surface area (TPSA) is 65.1 Å². The van der Waals surface area contributed by atoms with Crippen LogP contribution in [0.2, 0.25) is 0 Å². The lowest BCUT2D eigenvalue weighted by atomic mass is 9.65. The molecule has 0 radical (unpaired) electrons. The molecular weight excluding hydrogens is 314 g/mol. The summed E-state index contributed by atoms with van der Waals surface area (Å²) in [6.07, 6.45) is 11.1. The number of amides is 1. The maximum absolute atomic E-state index is 13.2. The fraction of sp³-hybridized carbons (Fsp3) is 0.842. The number of hydrogen-bond donors (Lipinski definition) is 1. The Hall–Kier alpha value is -1.43. The Morgan fingerprint density at radius 1 is 1.20 bits per heavy atom. The van der Waals surface area contributed by atoms with Gasteiger partial charge in [0.05, 0.1) is 17.3 Å². The summed E-state index contributed by atoms with van der Waals surface area (Å²) < 4.78 is 0. The second-order valence-electron chi connectivity index (χ2n) is 8.51. The first-order valence-electron chi connectivity index (χ1n) is 10.0. The highest BCUT2D eigenvalue weighted by atomic mass is 16.2. The molecule has 1 N–H and O–H groups in total. The fourth-order valence-electron chi connectivity index (χ4n) is 4.96. The molecule has 1 aromatic heterocycles. The average molecular weight is 345 g/mol. The van der Waals surface area contributed by atoms with Crippen LogP contribution < -0.4 is 0 Å². The van der Waals surface area contributed by atoms with Gasteiger partial charge in [0.15, 0.2) is 0 Å². The molecule has 6 nitrogen and oxygen atoms in total. The van der Waals surface area contributed by atoms with E-state index in [4.69, 9.17) is 0 Å². The third-order valence-electron chi connectivity index (χ3n) is 6.85. The number of hydrogen-bond acceptors (Lipinski definition) is 4. The minimum atomic E-state index is -0.209. The number of aromatic nitrogens is 3. The van der Waals surface area contributed by atoms with Crippen LogP contribution in [0.5, 0.6) is 0 Å². The molecule has 2 aliphatic carbocycles. The van der Waals surface area contributed by atoms with Crippen LogP contribution in [-0.2, 0) is 11.2 Å². The summed E-state index contributed by atoms with van der Waals surface area (Å²) in [5, 5.41) is 10.7. The monoisotopic (exact) mass is 345 g/mol. The van der Waals surface area contributed by atoms with Crippen molar-refractivity contribution in [3.05, 3.63) is 11.9 Å². The Labute approximate surface area is 150 Å². The van der Waals surface area contributed by atoms with Crippen molar-refractivity contribution < 1.29 is 4.79 Å². The van der Waals surface area contributed by atoms with Gasteiger partial charge in [0.1, 0.15) is 0 Å². The second kappa shape index (κ2) is 7.06. The van der Waals surface area contributed by atoms with Gasteiger partial charge in [-0.3, -0.25) is 9.69 Å². The number of nitrogens with one attached hydrogen (secondary N) is 1. The first-order valence-corrected chi connectivity index (χ1v) is 10.0. The third-order valence-corrected chi connectivity index (χ3v) is 6.85. The first kappa shape index (κ1) is 17.0. The predicted molar refractivity (Wildman–Crippen MR) is 95.9 cm³/mol. The van der Waals surface area contributed by atoms with Crippen molar-refractivity contribution in [1.82, 2.24) is 25.2 Å². The Morgan fingerprint density at radius 3 is 2.48 bits per heavy atom. The standard InChI is InChI=1S/C19H31N5O/c1-15-3-5-17(6-4-15)23-9-11-24(12-10-23)18(25)19(7-2-8-19)13-16-14-20-22-21-16/h14-15,17H,2-13H2,1H3,(H,20,21,22). The molecular formula is C19H31N5O. The van der Waals surface area contributed by atoms with Crippen LogP contribution in [0.15, 0.2) is 6.20 Å². The van der Waals surface area contributed by atoms with E-state index in [1.54, 1.807) is 6.20 Å². The molecule has 3 aliphatic rings. The Bertz CT molecular complexity index is 567. The molecule has 1 amide bonds. The SMILES string of the molecule is CC1CCC(N2CCN(C(=O)C3(Cc4cn[nH]n4)CCC3)CC2)CC1. The summed E-state index contributed by atoms with van der Waals surface area (Å²) in [4.78, 5) is 18.0. The highest BCUT2D eigenvalue weighted by Gasteiger charge is 2.47. The molecule has 0 bridgehead atoms. The smallest absolute Gasteiger partial charge is 0.229 e. The number of piperazine rings is 1. The van der Waals surface area contributed by atoms with E-state index >= 15 is 0 Å². The van der Waals surface area contributed by atoms with Gasteiger partial charge in [0, 0.05) is 38.6 Å². The van der Waals surface area contributed by atoms with E-state index in [2.05, 4.69) is 32.1 Å². The molecule has 0 spiro atoms. The zero-order chi connectivity index (χ0) is 17.3. The van der Waals surface area contributed by atoms with Crippen molar-refractivity contribution in [2.45, 2.75) is 64.3 Å². The number of carbonyl (C=O) groups is 1. The van der Waals surface area contributed by atoms with Gasteiger partial charge in [0.25, 0.3) is 0 Å².